The third-order valence-corrected chi connectivity index (χ3v) is 3.80. The molecule has 0 saturated carbocycles. The van der Waals surface area contributed by atoms with E-state index in [1.54, 1.807) is 10.9 Å². The standard InChI is InChI=1S/C12H22N6O/c1-9(2)10-3-4-17(7-10)5-6-18-8-11(15-16-18)12(19)14-13/h8-10H,3-7,13H2,1-2H3,(H,14,19). The van der Waals surface area contributed by atoms with E-state index in [0.717, 1.165) is 38.0 Å². The fraction of sp³-hybridized carbons (Fsp3) is 0.750. The number of nitrogens with two attached hydrogens (primary N) is 1. The number of aromatic nitrogens is 3. The predicted molar refractivity (Wildman–Crippen MR) is 71.1 cm³/mol. The molecule has 1 aliphatic rings. The van der Waals surface area contributed by atoms with Crippen molar-refractivity contribution < 1.29 is 4.79 Å². The van der Waals surface area contributed by atoms with Gasteiger partial charge in [-0.05, 0) is 24.8 Å². The normalized spacial score (nSPS) is 20.1. The van der Waals surface area contributed by atoms with E-state index < -0.39 is 5.91 Å². The molecule has 0 bridgehead atoms. The van der Waals surface area contributed by atoms with E-state index in [2.05, 4.69) is 29.1 Å². The molecule has 1 aliphatic heterocycles. The van der Waals surface area contributed by atoms with Crippen molar-refractivity contribution in [2.24, 2.45) is 17.7 Å². The second-order valence-corrected chi connectivity index (χ2v) is 5.43. The quantitative estimate of drug-likeness (QED) is 0.440. The molecule has 1 saturated heterocycles. The first-order valence-corrected chi connectivity index (χ1v) is 6.73. The predicted octanol–water partition coefficient (Wildman–Crippen LogP) is -0.140. The number of nitrogen functional groups attached to an aromatic ring is 1. The Morgan fingerprint density at radius 2 is 2.37 bits per heavy atom. The zero-order valence-electron chi connectivity index (χ0n) is 11.5. The van der Waals surface area contributed by atoms with Crippen LogP contribution in [-0.2, 0) is 6.54 Å². The summed E-state index contributed by atoms with van der Waals surface area (Å²) in [4.78, 5) is 13.7. The van der Waals surface area contributed by atoms with Crippen molar-refractivity contribution >= 4 is 5.91 Å². The van der Waals surface area contributed by atoms with Crippen LogP contribution < -0.4 is 11.3 Å². The SMILES string of the molecule is CC(C)C1CCN(CCn2cc(C(=O)NN)nn2)C1. The van der Waals surface area contributed by atoms with E-state index in [1.165, 1.54) is 6.42 Å². The van der Waals surface area contributed by atoms with E-state index >= 15 is 0 Å². The molecule has 3 N–H and O–H groups in total. The fourth-order valence-corrected chi connectivity index (χ4v) is 2.44. The van der Waals surface area contributed by atoms with Gasteiger partial charge in [-0.25, -0.2) is 5.84 Å². The van der Waals surface area contributed by atoms with Crippen molar-refractivity contribution in [2.45, 2.75) is 26.8 Å². The second kappa shape index (κ2) is 6.12. The number of hydrogen-bond acceptors (Lipinski definition) is 5. The number of carbonyl (C=O) groups is 1. The molecule has 1 aromatic rings. The maximum absolute atomic E-state index is 11.2. The topological polar surface area (TPSA) is 89.1 Å². The van der Waals surface area contributed by atoms with Crippen molar-refractivity contribution in [3.8, 4) is 0 Å². The average Bonchev–Trinajstić information content (AvgIpc) is 3.04. The highest BCUT2D eigenvalue weighted by atomic mass is 16.2. The Kier molecular flexibility index (Phi) is 4.49. The molecule has 1 fully saturated rings. The Bertz CT molecular complexity index is 430. The number of hydrogen-bond donors (Lipinski definition) is 2. The molecule has 106 valence electrons. The Morgan fingerprint density at radius 1 is 1.58 bits per heavy atom. The largest absolute Gasteiger partial charge is 0.301 e. The van der Waals surface area contributed by atoms with Gasteiger partial charge in [0.15, 0.2) is 5.69 Å². The van der Waals surface area contributed by atoms with Crippen molar-refractivity contribution in [3.63, 3.8) is 0 Å². The van der Waals surface area contributed by atoms with Gasteiger partial charge in [-0.2, -0.15) is 0 Å². The molecular formula is C12H22N6O. The lowest BCUT2D eigenvalue weighted by atomic mass is 9.95. The van der Waals surface area contributed by atoms with Gasteiger partial charge in [0.25, 0.3) is 5.91 Å². The van der Waals surface area contributed by atoms with Crippen LogP contribution in [0.25, 0.3) is 0 Å². The van der Waals surface area contributed by atoms with Crippen molar-refractivity contribution in [1.82, 2.24) is 25.3 Å². The zero-order valence-corrected chi connectivity index (χ0v) is 11.5. The van der Waals surface area contributed by atoms with Gasteiger partial charge >= 0.3 is 0 Å². The van der Waals surface area contributed by atoms with Gasteiger partial charge in [-0.1, -0.05) is 19.1 Å². The van der Waals surface area contributed by atoms with Crippen molar-refractivity contribution in [3.05, 3.63) is 11.9 Å². The van der Waals surface area contributed by atoms with Crippen LogP contribution in [0.2, 0.25) is 0 Å². The van der Waals surface area contributed by atoms with E-state index in [-0.39, 0.29) is 5.69 Å². The van der Waals surface area contributed by atoms with Crippen LogP contribution >= 0.6 is 0 Å². The third kappa shape index (κ3) is 3.51. The molecule has 1 aromatic heterocycles. The van der Waals surface area contributed by atoms with Gasteiger partial charge in [-0.15, -0.1) is 5.10 Å². The minimum atomic E-state index is -0.410. The molecule has 1 amide bonds. The highest BCUT2D eigenvalue weighted by molar-refractivity contribution is 5.91. The maximum Gasteiger partial charge on any atom is 0.287 e. The molecule has 1 unspecified atom stereocenters. The highest BCUT2D eigenvalue weighted by Gasteiger charge is 2.24. The monoisotopic (exact) mass is 266 g/mol. The average molecular weight is 266 g/mol. The lowest BCUT2D eigenvalue weighted by Crippen LogP contribution is -2.30. The molecule has 19 heavy (non-hydrogen) atoms. The highest BCUT2D eigenvalue weighted by Crippen LogP contribution is 2.23. The van der Waals surface area contributed by atoms with Gasteiger partial charge in [0, 0.05) is 13.1 Å². The summed E-state index contributed by atoms with van der Waals surface area (Å²) in [5.41, 5.74) is 2.30. The molecule has 2 rings (SSSR count). The fourth-order valence-electron chi connectivity index (χ4n) is 2.44. The summed E-state index contributed by atoms with van der Waals surface area (Å²) in [6.07, 6.45) is 2.90. The van der Waals surface area contributed by atoms with Crippen LogP contribution in [0.3, 0.4) is 0 Å². The second-order valence-electron chi connectivity index (χ2n) is 5.43. The summed E-state index contributed by atoms with van der Waals surface area (Å²) in [6.45, 7) is 8.55. The van der Waals surface area contributed by atoms with Gasteiger partial charge < -0.3 is 4.90 Å². The minimum Gasteiger partial charge on any atom is -0.301 e. The Morgan fingerprint density at radius 3 is 3.00 bits per heavy atom. The van der Waals surface area contributed by atoms with Crippen LogP contribution in [0, 0.1) is 11.8 Å². The molecule has 0 radical (unpaired) electrons. The van der Waals surface area contributed by atoms with Crippen molar-refractivity contribution in [1.29, 1.82) is 0 Å². The summed E-state index contributed by atoms with van der Waals surface area (Å²) >= 11 is 0. The Hall–Kier alpha value is -1.47. The van der Waals surface area contributed by atoms with Crippen LogP contribution in [-0.4, -0.2) is 45.4 Å². The Balaban J connectivity index is 1.80. The van der Waals surface area contributed by atoms with Crippen LogP contribution in [0.4, 0.5) is 0 Å². The first-order valence-electron chi connectivity index (χ1n) is 6.73. The summed E-state index contributed by atoms with van der Waals surface area (Å²) in [7, 11) is 0. The van der Waals surface area contributed by atoms with Gasteiger partial charge in [-0.3, -0.25) is 14.9 Å². The molecule has 0 aromatic carbocycles. The van der Waals surface area contributed by atoms with Gasteiger partial charge in [0.1, 0.15) is 0 Å². The lowest BCUT2D eigenvalue weighted by molar-refractivity contribution is 0.0948. The van der Waals surface area contributed by atoms with E-state index in [0.29, 0.717) is 0 Å². The Labute approximate surface area is 113 Å². The molecular weight excluding hydrogens is 244 g/mol. The van der Waals surface area contributed by atoms with Gasteiger partial charge in [0.05, 0.1) is 12.7 Å². The van der Waals surface area contributed by atoms with E-state index in [1.807, 2.05) is 5.43 Å². The first-order chi connectivity index (χ1) is 9.10. The number of hydrazine groups is 1. The smallest absolute Gasteiger partial charge is 0.287 e. The van der Waals surface area contributed by atoms with Crippen LogP contribution in [0.5, 0.6) is 0 Å². The first kappa shape index (κ1) is 14.0. The molecule has 7 heteroatoms. The molecule has 0 spiro atoms. The zero-order chi connectivity index (χ0) is 13.8. The molecule has 0 aliphatic carbocycles. The summed E-state index contributed by atoms with van der Waals surface area (Å²) in [5.74, 6) is 6.18. The number of rotatable bonds is 5. The number of nitrogens with one attached hydrogen (secondary N) is 1. The third-order valence-electron chi connectivity index (χ3n) is 3.80. The van der Waals surface area contributed by atoms with Gasteiger partial charge in [0.2, 0.25) is 0 Å². The number of likely N-dealkylation sites (tertiary alicyclic amines) is 1. The molecule has 2 heterocycles. The number of amides is 1. The van der Waals surface area contributed by atoms with Crippen LogP contribution in [0.15, 0.2) is 6.20 Å². The minimum absolute atomic E-state index is 0.254. The summed E-state index contributed by atoms with van der Waals surface area (Å²) in [5, 5.41) is 7.70. The summed E-state index contributed by atoms with van der Waals surface area (Å²) < 4.78 is 1.69. The summed E-state index contributed by atoms with van der Waals surface area (Å²) in [6, 6.07) is 0. The van der Waals surface area contributed by atoms with Crippen LogP contribution in [0.1, 0.15) is 30.8 Å². The number of nitrogens with zero attached hydrogens (tertiary/aromatic N) is 4. The molecule has 1 atom stereocenters. The number of carbonyl (C=O) groups excluding carboxylic acids is 1. The van der Waals surface area contributed by atoms with E-state index in [4.69, 9.17) is 5.84 Å². The van der Waals surface area contributed by atoms with Crippen molar-refractivity contribution in [2.75, 3.05) is 19.6 Å². The maximum atomic E-state index is 11.2. The lowest BCUT2D eigenvalue weighted by Gasteiger charge is -2.17. The molecule has 7 nitrogen and oxygen atoms in total. The van der Waals surface area contributed by atoms with E-state index in [9.17, 15) is 4.79 Å².